The Labute approximate surface area is 217 Å². The van der Waals surface area contributed by atoms with Crippen LogP contribution in [0.5, 0.6) is 0 Å². The largest absolute Gasteiger partial charge is 0.481 e. The zero-order valence-electron chi connectivity index (χ0n) is 21.3. The van der Waals surface area contributed by atoms with Gasteiger partial charge >= 0.3 is 5.97 Å². The number of hydrogen-bond donors (Lipinski definition) is 1. The molecular weight excluding hydrogens is 465 g/mol. The molecule has 5 rings (SSSR count). The second-order valence-corrected chi connectivity index (χ2v) is 10.6. The molecule has 1 aliphatic carbocycles. The van der Waals surface area contributed by atoms with Crippen LogP contribution in [-0.4, -0.2) is 16.2 Å². The van der Waals surface area contributed by atoms with Crippen LogP contribution in [0, 0.1) is 18.7 Å². The topological polar surface area (TPSA) is 63.3 Å². The SMILES string of the molecule is Cc1noc(-c2ccc(-c3ccc(C4(CC(=O)O)CC4)cc3)cc2)c1CC(C)CCc1cccc(F)c1. The molecule has 5 heteroatoms. The summed E-state index contributed by atoms with van der Waals surface area (Å²) in [5.41, 5.74) is 7.17. The lowest BCUT2D eigenvalue weighted by atomic mass is 9.90. The minimum atomic E-state index is -0.736. The Hall–Kier alpha value is -3.73. The van der Waals surface area contributed by atoms with Gasteiger partial charge in [-0.15, -0.1) is 0 Å². The second kappa shape index (κ2) is 10.3. The fourth-order valence-electron chi connectivity index (χ4n) is 5.25. The molecule has 0 spiro atoms. The summed E-state index contributed by atoms with van der Waals surface area (Å²) in [6.45, 7) is 4.19. The van der Waals surface area contributed by atoms with E-state index in [2.05, 4.69) is 60.6 Å². The maximum atomic E-state index is 13.5. The summed E-state index contributed by atoms with van der Waals surface area (Å²) < 4.78 is 19.2. The van der Waals surface area contributed by atoms with Crippen molar-refractivity contribution in [1.29, 1.82) is 0 Å². The first kappa shape index (κ1) is 24.9. The number of carbonyl (C=O) groups is 1. The summed E-state index contributed by atoms with van der Waals surface area (Å²) in [4.78, 5) is 11.2. The molecule has 0 radical (unpaired) electrons. The maximum absolute atomic E-state index is 13.5. The highest BCUT2D eigenvalue weighted by Crippen LogP contribution is 2.51. The third-order valence-corrected chi connectivity index (χ3v) is 7.67. The number of aryl methyl sites for hydroxylation is 2. The number of carboxylic acid groups (broad SMARTS) is 1. The van der Waals surface area contributed by atoms with Crippen molar-refractivity contribution in [3.05, 3.63) is 101 Å². The van der Waals surface area contributed by atoms with Crippen LogP contribution in [0.1, 0.15) is 55.0 Å². The fourth-order valence-corrected chi connectivity index (χ4v) is 5.25. The summed E-state index contributed by atoms with van der Waals surface area (Å²) in [5.74, 6) is 0.280. The highest BCUT2D eigenvalue weighted by atomic mass is 19.1. The van der Waals surface area contributed by atoms with Crippen LogP contribution in [0.25, 0.3) is 22.5 Å². The van der Waals surface area contributed by atoms with E-state index in [1.165, 1.54) is 6.07 Å². The number of rotatable bonds is 10. The Morgan fingerprint density at radius 3 is 2.30 bits per heavy atom. The van der Waals surface area contributed by atoms with Gasteiger partial charge in [-0.3, -0.25) is 4.79 Å². The molecule has 1 aromatic heterocycles. The van der Waals surface area contributed by atoms with Crippen LogP contribution in [0.4, 0.5) is 4.39 Å². The van der Waals surface area contributed by atoms with Gasteiger partial charge in [0, 0.05) is 16.5 Å². The maximum Gasteiger partial charge on any atom is 0.304 e. The van der Waals surface area contributed by atoms with Gasteiger partial charge < -0.3 is 9.63 Å². The first-order chi connectivity index (χ1) is 17.8. The van der Waals surface area contributed by atoms with E-state index in [0.717, 1.165) is 76.9 Å². The molecule has 4 nitrogen and oxygen atoms in total. The van der Waals surface area contributed by atoms with Crippen molar-refractivity contribution < 1.29 is 18.8 Å². The molecule has 190 valence electrons. The van der Waals surface area contributed by atoms with Crippen molar-refractivity contribution in [2.75, 3.05) is 0 Å². The molecule has 1 aliphatic rings. The average molecular weight is 498 g/mol. The number of carboxylic acids is 1. The zero-order chi connectivity index (χ0) is 26.0. The van der Waals surface area contributed by atoms with Crippen molar-refractivity contribution in [3.63, 3.8) is 0 Å². The van der Waals surface area contributed by atoms with E-state index in [0.29, 0.717) is 5.92 Å². The van der Waals surface area contributed by atoms with Crippen LogP contribution in [0.15, 0.2) is 77.3 Å². The van der Waals surface area contributed by atoms with E-state index in [1.54, 1.807) is 12.1 Å². The van der Waals surface area contributed by atoms with Crippen LogP contribution in [0.3, 0.4) is 0 Å². The lowest BCUT2D eigenvalue weighted by molar-refractivity contribution is -0.137. The monoisotopic (exact) mass is 497 g/mol. The molecule has 1 unspecified atom stereocenters. The van der Waals surface area contributed by atoms with Gasteiger partial charge in [-0.2, -0.15) is 0 Å². The minimum Gasteiger partial charge on any atom is -0.481 e. The van der Waals surface area contributed by atoms with Gasteiger partial charge in [0.25, 0.3) is 0 Å². The summed E-state index contributed by atoms with van der Waals surface area (Å²) >= 11 is 0. The molecule has 0 bridgehead atoms. The van der Waals surface area contributed by atoms with Crippen LogP contribution in [0.2, 0.25) is 0 Å². The number of halogens is 1. The third-order valence-electron chi connectivity index (χ3n) is 7.67. The van der Waals surface area contributed by atoms with E-state index in [-0.39, 0.29) is 17.7 Å². The Kier molecular flexibility index (Phi) is 6.96. The Morgan fingerprint density at radius 1 is 1.03 bits per heavy atom. The third kappa shape index (κ3) is 5.66. The first-order valence-corrected chi connectivity index (χ1v) is 13.0. The van der Waals surface area contributed by atoms with Crippen molar-refractivity contribution >= 4 is 5.97 Å². The molecule has 0 aliphatic heterocycles. The Morgan fingerprint density at radius 2 is 1.68 bits per heavy atom. The van der Waals surface area contributed by atoms with Crippen molar-refractivity contribution in [3.8, 4) is 22.5 Å². The summed E-state index contributed by atoms with van der Waals surface area (Å²) in [6, 6.07) is 23.4. The smallest absolute Gasteiger partial charge is 0.304 e. The number of benzene rings is 3. The van der Waals surface area contributed by atoms with Gasteiger partial charge in [-0.25, -0.2) is 4.39 Å². The van der Waals surface area contributed by atoms with E-state index >= 15 is 0 Å². The van der Waals surface area contributed by atoms with Crippen LogP contribution in [-0.2, 0) is 23.1 Å². The molecule has 1 fully saturated rings. The predicted molar refractivity (Wildman–Crippen MR) is 143 cm³/mol. The highest BCUT2D eigenvalue weighted by Gasteiger charge is 2.45. The predicted octanol–water partition coefficient (Wildman–Crippen LogP) is 7.77. The lowest BCUT2D eigenvalue weighted by Crippen LogP contribution is -2.12. The molecule has 1 heterocycles. The molecule has 1 atom stereocenters. The highest BCUT2D eigenvalue weighted by molar-refractivity contribution is 5.72. The molecule has 37 heavy (non-hydrogen) atoms. The summed E-state index contributed by atoms with van der Waals surface area (Å²) in [5, 5.41) is 13.5. The van der Waals surface area contributed by atoms with Gasteiger partial charge in [-0.05, 0) is 79.3 Å². The summed E-state index contributed by atoms with van der Waals surface area (Å²) in [7, 11) is 0. The molecule has 4 aromatic rings. The van der Waals surface area contributed by atoms with E-state index in [9.17, 15) is 14.3 Å². The Balaban J connectivity index is 1.27. The van der Waals surface area contributed by atoms with Gasteiger partial charge in [0.1, 0.15) is 5.82 Å². The Bertz CT molecular complexity index is 1380. The normalized spacial score (nSPS) is 14.9. The molecule has 1 saturated carbocycles. The average Bonchev–Trinajstić information content (AvgIpc) is 3.58. The first-order valence-electron chi connectivity index (χ1n) is 13.0. The number of aromatic nitrogens is 1. The van der Waals surface area contributed by atoms with Crippen molar-refractivity contribution in [2.45, 2.75) is 57.8 Å². The number of aliphatic carboxylic acids is 1. The lowest BCUT2D eigenvalue weighted by Gasteiger charge is -2.14. The van der Waals surface area contributed by atoms with Crippen molar-refractivity contribution in [1.82, 2.24) is 5.16 Å². The molecule has 0 amide bonds. The van der Waals surface area contributed by atoms with Gasteiger partial charge in [0.2, 0.25) is 0 Å². The molecule has 0 saturated heterocycles. The van der Waals surface area contributed by atoms with Crippen molar-refractivity contribution in [2.24, 2.45) is 5.92 Å². The van der Waals surface area contributed by atoms with Gasteiger partial charge in [0.15, 0.2) is 5.76 Å². The van der Waals surface area contributed by atoms with Crippen LogP contribution < -0.4 is 0 Å². The number of hydrogen-bond acceptors (Lipinski definition) is 3. The molecular formula is C32H32FNO3. The zero-order valence-corrected chi connectivity index (χ0v) is 21.3. The van der Waals surface area contributed by atoms with Crippen LogP contribution >= 0.6 is 0 Å². The quantitative estimate of drug-likeness (QED) is 0.243. The van der Waals surface area contributed by atoms with E-state index in [4.69, 9.17) is 4.52 Å². The minimum absolute atomic E-state index is 0.177. The van der Waals surface area contributed by atoms with Gasteiger partial charge in [0.05, 0.1) is 12.1 Å². The molecule has 1 N–H and O–H groups in total. The van der Waals surface area contributed by atoms with E-state index in [1.807, 2.05) is 13.0 Å². The fraction of sp³-hybridized carbons (Fsp3) is 0.312. The van der Waals surface area contributed by atoms with E-state index < -0.39 is 5.97 Å². The standard InChI is InChI=1S/C32H32FNO3/c1-21(6-7-23-4-3-5-28(33)19-23)18-29-22(2)34-37-31(29)26-10-8-24(9-11-26)25-12-14-27(15-13-25)32(16-17-32)20-30(35)36/h3-5,8-15,19,21H,6-7,16-18,20H2,1-2H3,(H,35,36). The molecule has 3 aromatic carbocycles. The number of nitrogens with zero attached hydrogens (tertiary/aromatic N) is 1. The second-order valence-electron chi connectivity index (χ2n) is 10.6. The summed E-state index contributed by atoms with van der Waals surface area (Å²) in [6.07, 6.45) is 4.72. The van der Waals surface area contributed by atoms with Gasteiger partial charge in [-0.1, -0.05) is 72.7 Å².